The molecule has 24 heavy (non-hydrogen) atoms. The number of hydrogen-bond acceptors (Lipinski definition) is 6. The van der Waals surface area contributed by atoms with Crippen molar-refractivity contribution in [2.75, 3.05) is 19.0 Å². The zero-order chi connectivity index (χ0) is 17.9. The van der Waals surface area contributed by atoms with Gasteiger partial charge in [0.05, 0.1) is 25.7 Å². The van der Waals surface area contributed by atoms with Crippen LogP contribution < -0.4 is 10.6 Å². The zero-order valence-electron chi connectivity index (χ0n) is 13.6. The highest BCUT2D eigenvalue weighted by Gasteiger charge is 2.10. The number of esters is 2. The Morgan fingerprint density at radius 2 is 1.79 bits per heavy atom. The summed E-state index contributed by atoms with van der Waals surface area (Å²) < 4.78 is 9.48. The summed E-state index contributed by atoms with van der Waals surface area (Å²) in [5.41, 5.74) is 1.01. The Bertz CT molecular complexity index is 601. The first-order valence-electron chi connectivity index (χ1n) is 7.41. The van der Waals surface area contributed by atoms with Crippen LogP contribution in [-0.2, 0) is 19.1 Å². The van der Waals surface area contributed by atoms with Crippen LogP contribution in [0.3, 0.4) is 0 Å². The number of rotatable bonds is 7. The van der Waals surface area contributed by atoms with Gasteiger partial charge in [-0.05, 0) is 42.9 Å². The number of carbonyl (C=O) groups is 3. The Morgan fingerprint density at radius 3 is 2.38 bits per heavy atom. The molecule has 1 rings (SSSR count). The van der Waals surface area contributed by atoms with E-state index < -0.39 is 11.9 Å². The first kappa shape index (κ1) is 19.6. The molecular formula is C16H20N2O5S. The number of anilines is 1. The molecule has 0 atom stereocenters. The molecule has 0 heterocycles. The maximum absolute atomic E-state index is 11.7. The maximum atomic E-state index is 11.7. The van der Waals surface area contributed by atoms with E-state index in [4.69, 9.17) is 17.0 Å². The van der Waals surface area contributed by atoms with Crippen molar-refractivity contribution in [3.63, 3.8) is 0 Å². The van der Waals surface area contributed by atoms with E-state index in [9.17, 15) is 14.4 Å². The summed E-state index contributed by atoms with van der Waals surface area (Å²) in [6.45, 7) is 2.24. The number of nitrogens with one attached hydrogen (secondary N) is 2. The maximum Gasteiger partial charge on any atom is 0.337 e. The lowest BCUT2D eigenvalue weighted by molar-refractivity contribution is -0.144. The van der Waals surface area contributed by atoms with E-state index in [0.29, 0.717) is 17.9 Å². The zero-order valence-corrected chi connectivity index (χ0v) is 14.4. The Labute approximate surface area is 145 Å². The van der Waals surface area contributed by atoms with Crippen LogP contribution in [0.4, 0.5) is 5.69 Å². The van der Waals surface area contributed by atoms with E-state index in [0.717, 1.165) is 6.42 Å². The number of amides is 1. The van der Waals surface area contributed by atoms with Gasteiger partial charge in [-0.1, -0.05) is 6.92 Å². The molecule has 0 aliphatic rings. The standard InChI is InChI=1S/C16H20N2O5S/c1-3-10-23-14(20)9-8-13(19)18-16(24)17-12-6-4-11(5-7-12)15(21)22-2/h4-7H,3,8-10H2,1-2H3,(H2,17,18,19,24). The second-order valence-corrected chi connectivity index (χ2v) is 5.20. The van der Waals surface area contributed by atoms with Gasteiger partial charge in [-0.15, -0.1) is 0 Å². The summed E-state index contributed by atoms with van der Waals surface area (Å²) in [7, 11) is 1.30. The number of methoxy groups -OCH3 is 1. The lowest BCUT2D eigenvalue weighted by Gasteiger charge is -2.10. The molecule has 130 valence electrons. The monoisotopic (exact) mass is 352 g/mol. The van der Waals surface area contributed by atoms with Gasteiger partial charge in [-0.3, -0.25) is 9.59 Å². The highest BCUT2D eigenvalue weighted by Crippen LogP contribution is 2.10. The molecule has 0 aliphatic carbocycles. The van der Waals surface area contributed by atoms with Crippen LogP contribution in [0.15, 0.2) is 24.3 Å². The van der Waals surface area contributed by atoms with Crippen LogP contribution in [0.2, 0.25) is 0 Å². The van der Waals surface area contributed by atoms with E-state index in [1.807, 2.05) is 6.92 Å². The summed E-state index contributed by atoms with van der Waals surface area (Å²) >= 11 is 5.02. The van der Waals surface area contributed by atoms with E-state index in [1.54, 1.807) is 24.3 Å². The quantitative estimate of drug-likeness (QED) is 0.573. The topological polar surface area (TPSA) is 93.7 Å². The number of benzene rings is 1. The second-order valence-electron chi connectivity index (χ2n) is 4.79. The third kappa shape index (κ3) is 7.19. The van der Waals surface area contributed by atoms with Gasteiger partial charge in [-0.25, -0.2) is 4.79 Å². The SMILES string of the molecule is CCCOC(=O)CCC(=O)NC(=S)Nc1ccc(C(=O)OC)cc1. The lowest BCUT2D eigenvalue weighted by Crippen LogP contribution is -2.34. The molecule has 0 aromatic heterocycles. The van der Waals surface area contributed by atoms with Crippen molar-refractivity contribution in [2.45, 2.75) is 26.2 Å². The first-order chi connectivity index (χ1) is 11.5. The van der Waals surface area contributed by atoms with Crippen molar-refractivity contribution in [2.24, 2.45) is 0 Å². The van der Waals surface area contributed by atoms with Crippen molar-refractivity contribution >= 4 is 40.9 Å². The van der Waals surface area contributed by atoms with Gasteiger partial charge in [0.15, 0.2) is 5.11 Å². The molecule has 1 aromatic rings. The van der Waals surface area contributed by atoms with Gasteiger partial charge in [-0.2, -0.15) is 0 Å². The molecule has 0 spiro atoms. The minimum absolute atomic E-state index is 0.00225. The van der Waals surface area contributed by atoms with Crippen molar-refractivity contribution in [3.05, 3.63) is 29.8 Å². The minimum Gasteiger partial charge on any atom is -0.466 e. The minimum atomic E-state index is -0.438. The molecule has 0 bridgehead atoms. The van der Waals surface area contributed by atoms with Gasteiger partial charge >= 0.3 is 11.9 Å². The molecular weight excluding hydrogens is 332 g/mol. The second kappa shape index (κ2) is 10.3. The predicted molar refractivity (Wildman–Crippen MR) is 92.6 cm³/mol. The van der Waals surface area contributed by atoms with E-state index in [-0.39, 0.29) is 23.9 Å². The average molecular weight is 352 g/mol. The van der Waals surface area contributed by atoms with Crippen LogP contribution >= 0.6 is 12.2 Å². The molecule has 0 saturated carbocycles. The van der Waals surface area contributed by atoms with Gasteiger partial charge < -0.3 is 20.1 Å². The molecule has 0 unspecified atom stereocenters. The van der Waals surface area contributed by atoms with E-state index in [1.165, 1.54) is 7.11 Å². The van der Waals surface area contributed by atoms with Gasteiger partial charge in [0.2, 0.25) is 5.91 Å². The highest BCUT2D eigenvalue weighted by atomic mass is 32.1. The number of thiocarbonyl (C=S) groups is 1. The van der Waals surface area contributed by atoms with Crippen LogP contribution in [0, 0.1) is 0 Å². The number of ether oxygens (including phenoxy) is 2. The molecule has 1 amide bonds. The summed E-state index contributed by atoms with van der Waals surface area (Å²) in [5.74, 6) is -1.23. The third-order valence-corrected chi connectivity index (χ3v) is 3.04. The Kier molecular flexibility index (Phi) is 8.42. The Hall–Kier alpha value is -2.48. The predicted octanol–water partition coefficient (Wildman–Crippen LogP) is 2.02. The summed E-state index contributed by atoms with van der Waals surface area (Å²) in [6.07, 6.45) is 0.731. The number of hydrogen-bond donors (Lipinski definition) is 2. The molecule has 2 N–H and O–H groups in total. The van der Waals surface area contributed by atoms with Gasteiger partial charge in [0.25, 0.3) is 0 Å². The van der Waals surface area contributed by atoms with Crippen molar-refractivity contribution in [1.29, 1.82) is 0 Å². The normalized spacial score (nSPS) is 9.75. The summed E-state index contributed by atoms with van der Waals surface area (Å²) in [6, 6.07) is 6.41. The highest BCUT2D eigenvalue weighted by molar-refractivity contribution is 7.80. The van der Waals surface area contributed by atoms with Crippen LogP contribution in [0.1, 0.15) is 36.5 Å². The average Bonchev–Trinajstić information content (AvgIpc) is 2.57. The largest absolute Gasteiger partial charge is 0.466 e. The molecule has 1 aromatic carbocycles. The van der Waals surface area contributed by atoms with Crippen molar-refractivity contribution in [1.82, 2.24) is 5.32 Å². The fourth-order valence-corrected chi connectivity index (χ4v) is 1.89. The fourth-order valence-electron chi connectivity index (χ4n) is 1.66. The third-order valence-electron chi connectivity index (χ3n) is 2.84. The summed E-state index contributed by atoms with van der Waals surface area (Å²) in [5, 5.41) is 5.38. The van der Waals surface area contributed by atoms with E-state index >= 15 is 0 Å². The fraction of sp³-hybridized carbons (Fsp3) is 0.375. The Morgan fingerprint density at radius 1 is 1.12 bits per heavy atom. The molecule has 7 nitrogen and oxygen atoms in total. The molecule has 0 fully saturated rings. The van der Waals surface area contributed by atoms with Gasteiger partial charge in [0, 0.05) is 12.1 Å². The first-order valence-corrected chi connectivity index (χ1v) is 7.82. The molecule has 8 heteroatoms. The molecule has 0 saturated heterocycles. The molecule has 0 aliphatic heterocycles. The van der Waals surface area contributed by atoms with Crippen LogP contribution in [-0.4, -0.2) is 36.7 Å². The van der Waals surface area contributed by atoms with Crippen LogP contribution in [0.5, 0.6) is 0 Å². The van der Waals surface area contributed by atoms with Crippen LogP contribution in [0.25, 0.3) is 0 Å². The number of carbonyl (C=O) groups excluding carboxylic acids is 3. The van der Waals surface area contributed by atoms with Crippen molar-refractivity contribution < 1.29 is 23.9 Å². The van der Waals surface area contributed by atoms with Gasteiger partial charge in [0.1, 0.15) is 0 Å². The smallest absolute Gasteiger partial charge is 0.337 e. The van der Waals surface area contributed by atoms with Crippen molar-refractivity contribution in [3.8, 4) is 0 Å². The lowest BCUT2D eigenvalue weighted by atomic mass is 10.2. The molecule has 0 radical (unpaired) electrons. The Balaban J connectivity index is 2.38. The van der Waals surface area contributed by atoms with E-state index in [2.05, 4.69) is 15.4 Å². The summed E-state index contributed by atoms with van der Waals surface area (Å²) in [4.78, 5) is 34.3.